The van der Waals surface area contributed by atoms with Crippen molar-refractivity contribution in [3.05, 3.63) is 44.7 Å². The third kappa shape index (κ3) is 1.85. The Bertz CT molecular complexity index is 599. The third-order valence-electron chi connectivity index (χ3n) is 2.75. The van der Waals surface area contributed by atoms with Gasteiger partial charge in [-0.15, -0.1) is 0 Å². The first-order valence-electron chi connectivity index (χ1n) is 5.32. The van der Waals surface area contributed by atoms with Crippen molar-refractivity contribution < 1.29 is 0 Å². The highest BCUT2D eigenvalue weighted by Gasteiger charge is 2.07. The first-order chi connectivity index (χ1) is 7.49. The van der Waals surface area contributed by atoms with Gasteiger partial charge in [-0.3, -0.25) is 4.79 Å². The zero-order valence-corrected chi connectivity index (χ0v) is 10.4. The molecule has 16 heavy (non-hydrogen) atoms. The number of pyridine rings is 1. The smallest absolute Gasteiger partial charge is 0.189 e. The highest BCUT2D eigenvalue weighted by molar-refractivity contribution is 6.32. The van der Waals surface area contributed by atoms with Crippen molar-refractivity contribution in [1.29, 1.82) is 0 Å². The van der Waals surface area contributed by atoms with Gasteiger partial charge in [-0.1, -0.05) is 25.4 Å². The van der Waals surface area contributed by atoms with Gasteiger partial charge in [-0.05, 0) is 30.5 Å². The lowest BCUT2D eigenvalue weighted by Crippen LogP contribution is -2.06. The number of halogens is 1. The van der Waals surface area contributed by atoms with Crippen LogP contribution in [0.1, 0.15) is 31.0 Å². The molecule has 0 amide bonds. The summed E-state index contributed by atoms with van der Waals surface area (Å²) in [6.07, 6.45) is 0. The zero-order valence-electron chi connectivity index (χ0n) is 9.60. The van der Waals surface area contributed by atoms with E-state index in [4.69, 9.17) is 11.6 Å². The standard InChI is InChI=1S/C13H14ClNO/c1-7(2)11-6-13(16)9-4-8(3)10(14)5-12(9)15-11/h4-7H,1-3H3,(H,15,16). The van der Waals surface area contributed by atoms with Crippen LogP contribution in [-0.4, -0.2) is 4.98 Å². The highest BCUT2D eigenvalue weighted by Crippen LogP contribution is 2.21. The van der Waals surface area contributed by atoms with E-state index in [2.05, 4.69) is 4.98 Å². The molecule has 0 bridgehead atoms. The lowest BCUT2D eigenvalue weighted by atomic mass is 10.1. The van der Waals surface area contributed by atoms with E-state index in [1.54, 1.807) is 6.07 Å². The van der Waals surface area contributed by atoms with Gasteiger partial charge in [0.15, 0.2) is 5.43 Å². The molecule has 2 rings (SSSR count). The van der Waals surface area contributed by atoms with Gasteiger partial charge in [0, 0.05) is 22.2 Å². The van der Waals surface area contributed by atoms with E-state index in [9.17, 15) is 4.79 Å². The fourth-order valence-corrected chi connectivity index (χ4v) is 1.87. The van der Waals surface area contributed by atoms with Crippen molar-refractivity contribution in [2.24, 2.45) is 0 Å². The summed E-state index contributed by atoms with van der Waals surface area (Å²) in [5, 5.41) is 1.38. The molecule has 0 aliphatic rings. The number of hydrogen-bond acceptors (Lipinski definition) is 1. The lowest BCUT2D eigenvalue weighted by Gasteiger charge is -2.08. The second-order valence-electron chi connectivity index (χ2n) is 4.39. The minimum absolute atomic E-state index is 0.0530. The van der Waals surface area contributed by atoms with Gasteiger partial charge in [-0.2, -0.15) is 0 Å². The SMILES string of the molecule is Cc1cc2c(=O)cc(C(C)C)[nH]c2cc1Cl. The second-order valence-corrected chi connectivity index (χ2v) is 4.80. The second kappa shape index (κ2) is 3.95. The van der Waals surface area contributed by atoms with Crippen LogP contribution in [-0.2, 0) is 0 Å². The Labute approximate surface area is 99.3 Å². The molecule has 2 nitrogen and oxygen atoms in total. The maximum absolute atomic E-state index is 11.9. The first-order valence-corrected chi connectivity index (χ1v) is 5.70. The van der Waals surface area contributed by atoms with Crippen molar-refractivity contribution in [2.45, 2.75) is 26.7 Å². The topological polar surface area (TPSA) is 32.9 Å². The maximum Gasteiger partial charge on any atom is 0.189 e. The van der Waals surface area contributed by atoms with Gasteiger partial charge in [0.25, 0.3) is 0 Å². The van der Waals surface area contributed by atoms with Crippen molar-refractivity contribution >= 4 is 22.5 Å². The molecule has 1 N–H and O–H groups in total. The van der Waals surface area contributed by atoms with Crippen LogP contribution in [0.15, 0.2) is 23.0 Å². The van der Waals surface area contributed by atoms with Gasteiger partial charge in [0.05, 0.1) is 5.52 Å². The van der Waals surface area contributed by atoms with E-state index in [1.807, 2.05) is 32.9 Å². The minimum atomic E-state index is 0.0530. The van der Waals surface area contributed by atoms with Crippen LogP contribution in [0.2, 0.25) is 5.02 Å². The van der Waals surface area contributed by atoms with Crippen LogP contribution >= 0.6 is 11.6 Å². The number of benzene rings is 1. The van der Waals surface area contributed by atoms with Crippen LogP contribution in [0.5, 0.6) is 0 Å². The molecule has 0 saturated carbocycles. The van der Waals surface area contributed by atoms with Gasteiger partial charge < -0.3 is 4.98 Å². The number of hydrogen-bond donors (Lipinski definition) is 1. The molecule has 1 aromatic carbocycles. The molecule has 2 aromatic rings. The van der Waals surface area contributed by atoms with Crippen LogP contribution in [0, 0.1) is 6.92 Å². The third-order valence-corrected chi connectivity index (χ3v) is 3.16. The summed E-state index contributed by atoms with van der Waals surface area (Å²) in [5.41, 5.74) is 2.73. The van der Waals surface area contributed by atoms with E-state index in [1.165, 1.54) is 0 Å². The largest absolute Gasteiger partial charge is 0.358 e. The molecule has 0 saturated heterocycles. The van der Waals surface area contributed by atoms with Gasteiger partial charge in [0.1, 0.15) is 0 Å². The number of nitrogens with one attached hydrogen (secondary N) is 1. The van der Waals surface area contributed by atoms with Crippen molar-refractivity contribution in [1.82, 2.24) is 4.98 Å². The number of aromatic amines is 1. The fourth-order valence-electron chi connectivity index (χ4n) is 1.71. The van der Waals surface area contributed by atoms with Crippen LogP contribution in [0.3, 0.4) is 0 Å². The van der Waals surface area contributed by atoms with E-state index in [-0.39, 0.29) is 5.43 Å². The summed E-state index contributed by atoms with van der Waals surface area (Å²) in [6.45, 7) is 6.00. The average molecular weight is 236 g/mol. The quantitative estimate of drug-likeness (QED) is 0.805. The van der Waals surface area contributed by atoms with E-state index in [0.29, 0.717) is 16.3 Å². The van der Waals surface area contributed by atoms with Crippen LogP contribution < -0.4 is 5.43 Å². The summed E-state index contributed by atoms with van der Waals surface area (Å²) in [6, 6.07) is 5.32. The predicted molar refractivity (Wildman–Crippen MR) is 68.4 cm³/mol. The summed E-state index contributed by atoms with van der Waals surface area (Å²) in [5.74, 6) is 0.303. The van der Waals surface area contributed by atoms with Crippen LogP contribution in [0.25, 0.3) is 10.9 Å². The average Bonchev–Trinajstić information content (AvgIpc) is 2.20. The molecule has 0 aliphatic heterocycles. The van der Waals surface area contributed by atoms with Crippen molar-refractivity contribution in [2.75, 3.05) is 0 Å². The number of aryl methyl sites for hydroxylation is 1. The number of fused-ring (bicyclic) bond motifs is 1. The summed E-state index contributed by atoms with van der Waals surface area (Å²) < 4.78 is 0. The fraction of sp³-hybridized carbons (Fsp3) is 0.308. The van der Waals surface area contributed by atoms with Crippen LogP contribution in [0.4, 0.5) is 0 Å². The Morgan fingerprint density at radius 2 is 1.94 bits per heavy atom. The van der Waals surface area contributed by atoms with Crippen molar-refractivity contribution in [3.8, 4) is 0 Å². The predicted octanol–water partition coefficient (Wildman–Crippen LogP) is 3.61. The van der Waals surface area contributed by atoms with Crippen molar-refractivity contribution in [3.63, 3.8) is 0 Å². The lowest BCUT2D eigenvalue weighted by molar-refractivity contribution is 0.828. The Hall–Kier alpha value is -1.28. The summed E-state index contributed by atoms with van der Waals surface area (Å²) >= 11 is 6.05. The highest BCUT2D eigenvalue weighted by atomic mass is 35.5. The molecule has 0 unspecified atom stereocenters. The van der Waals surface area contributed by atoms with E-state index >= 15 is 0 Å². The molecule has 1 heterocycles. The molecule has 0 aliphatic carbocycles. The van der Waals surface area contributed by atoms with Gasteiger partial charge >= 0.3 is 0 Å². The maximum atomic E-state index is 11.9. The molecule has 84 valence electrons. The summed E-state index contributed by atoms with van der Waals surface area (Å²) in [7, 11) is 0. The molecular weight excluding hydrogens is 222 g/mol. The van der Waals surface area contributed by atoms with Gasteiger partial charge in [-0.25, -0.2) is 0 Å². The Balaban J connectivity index is 2.82. The Kier molecular flexibility index (Phi) is 2.76. The summed E-state index contributed by atoms with van der Waals surface area (Å²) in [4.78, 5) is 15.2. The Morgan fingerprint density at radius 3 is 2.56 bits per heavy atom. The number of aromatic nitrogens is 1. The molecule has 0 fully saturated rings. The monoisotopic (exact) mass is 235 g/mol. The number of H-pyrrole nitrogens is 1. The first kappa shape index (κ1) is 11.2. The molecule has 0 atom stereocenters. The molecular formula is C13H14ClNO. The van der Waals surface area contributed by atoms with E-state index < -0.39 is 0 Å². The normalized spacial score (nSPS) is 11.3. The molecule has 3 heteroatoms. The molecule has 0 spiro atoms. The number of rotatable bonds is 1. The minimum Gasteiger partial charge on any atom is -0.358 e. The molecule has 1 aromatic heterocycles. The van der Waals surface area contributed by atoms with Gasteiger partial charge in [0.2, 0.25) is 0 Å². The molecule has 0 radical (unpaired) electrons. The Morgan fingerprint density at radius 1 is 1.25 bits per heavy atom. The zero-order chi connectivity index (χ0) is 11.9. The van der Waals surface area contributed by atoms with E-state index in [0.717, 1.165) is 16.8 Å².